The number of aromatic nitrogens is 1. The van der Waals surface area contributed by atoms with E-state index in [0.29, 0.717) is 12.5 Å². The summed E-state index contributed by atoms with van der Waals surface area (Å²) in [6.07, 6.45) is 0.728. The third kappa shape index (κ3) is 3.61. The molecule has 0 unspecified atom stereocenters. The Balaban J connectivity index is 1.75. The van der Waals surface area contributed by atoms with Gasteiger partial charge in [-0.15, -0.1) is 0 Å². The largest absolute Gasteiger partial charge is 0.370 e. The maximum Gasteiger partial charge on any atom is 0.274 e. The maximum absolute atomic E-state index is 11.9. The lowest BCUT2D eigenvalue weighted by molar-refractivity contribution is 0.385. The van der Waals surface area contributed by atoms with Crippen molar-refractivity contribution in [2.75, 3.05) is 24.5 Å². The van der Waals surface area contributed by atoms with Crippen LogP contribution in [0.3, 0.4) is 0 Å². The average Bonchev–Trinajstić information content (AvgIpc) is 2.41. The van der Waals surface area contributed by atoms with Crippen LogP contribution >= 0.6 is 0 Å². The molecule has 0 bridgehead atoms. The molecule has 0 radical (unpaired) electrons. The molecule has 8 heteroatoms. The molecule has 0 aliphatic carbocycles. The number of aryl methyl sites for hydroxylation is 2. The van der Waals surface area contributed by atoms with Gasteiger partial charge in [-0.3, -0.25) is 4.79 Å². The Hall–Kier alpha value is -1.90. The second kappa shape index (κ2) is 6.19. The van der Waals surface area contributed by atoms with E-state index in [1.165, 1.54) is 5.56 Å². The van der Waals surface area contributed by atoms with Gasteiger partial charge in [-0.2, -0.15) is 8.42 Å². The maximum atomic E-state index is 11.9. The zero-order chi connectivity index (χ0) is 17.5. The summed E-state index contributed by atoms with van der Waals surface area (Å²) >= 11 is 0. The number of fused-ring (bicyclic) bond motifs is 1. The zero-order valence-electron chi connectivity index (χ0n) is 13.8. The van der Waals surface area contributed by atoms with E-state index in [1.54, 1.807) is 6.07 Å². The summed E-state index contributed by atoms with van der Waals surface area (Å²) in [4.78, 5) is 17.0. The van der Waals surface area contributed by atoms with Crippen LogP contribution < -0.4 is 20.3 Å². The Bertz CT molecular complexity index is 930. The topological polar surface area (TPSA) is 108 Å². The highest BCUT2D eigenvalue weighted by atomic mass is 32.2. The first-order chi connectivity index (χ1) is 11.2. The second-order valence-electron chi connectivity index (χ2n) is 6.50. The summed E-state index contributed by atoms with van der Waals surface area (Å²) in [5.41, 5.74) is 4.00. The van der Waals surface area contributed by atoms with Crippen molar-refractivity contribution in [3.63, 3.8) is 0 Å². The van der Waals surface area contributed by atoms with Gasteiger partial charge in [-0.1, -0.05) is 0 Å². The standard InChI is InChI=1S/C16H22N4O3S/c1-10-5-13-14(6-11(10)2)19-16(21)7-15(13)20-8-12(9-20)3-4-18-24(17,22)23/h5-7,12,18H,3-4,8-9H2,1-2H3,(H,19,21)(H2,17,22,23). The van der Waals surface area contributed by atoms with Crippen LogP contribution in [-0.2, 0) is 10.2 Å². The van der Waals surface area contributed by atoms with Gasteiger partial charge in [0.2, 0.25) is 5.56 Å². The fourth-order valence-electron chi connectivity index (χ4n) is 3.12. The van der Waals surface area contributed by atoms with E-state index in [2.05, 4.69) is 27.6 Å². The van der Waals surface area contributed by atoms with Crippen molar-refractivity contribution in [3.05, 3.63) is 39.7 Å². The minimum Gasteiger partial charge on any atom is -0.370 e. The van der Waals surface area contributed by atoms with E-state index in [-0.39, 0.29) is 5.56 Å². The number of pyridine rings is 1. The highest BCUT2D eigenvalue weighted by Crippen LogP contribution is 2.32. The Morgan fingerprint density at radius 2 is 1.92 bits per heavy atom. The third-order valence-corrected chi connectivity index (χ3v) is 5.20. The summed E-state index contributed by atoms with van der Waals surface area (Å²) < 4.78 is 24.0. The molecule has 0 atom stereocenters. The molecule has 1 saturated heterocycles. The molecule has 0 spiro atoms. The monoisotopic (exact) mass is 350 g/mol. The molecular weight excluding hydrogens is 328 g/mol. The molecule has 130 valence electrons. The predicted octanol–water partition coefficient (Wildman–Crippen LogP) is 0.764. The van der Waals surface area contributed by atoms with Crippen LogP contribution in [0.4, 0.5) is 5.69 Å². The van der Waals surface area contributed by atoms with E-state index >= 15 is 0 Å². The number of H-pyrrole nitrogens is 1. The highest BCUT2D eigenvalue weighted by molar-refractivity contribution is 7.87. The molecule has 7 nitrogen and oxygen atoms in total. The Kier molecular flexibility index (Phi) is 4.37. The summed E-state index contributed by atoms with van der Waals surface area (Å²) in [5, 5.41) is 5.96. The predicted molar refractivity (Wildman–Crippen MR) is 95.5 cm³/mol. The molecule has 4 N–H and O–H groups in total. The van der Waals surface area contributed by atoms with Gasteiger partial charge in [-0.05, 0) is 49.4 Å². The van der Waals surface area contributed by atoms with Crippen molar-refractivity contribution >= 4 is 26.8 Å². The van der Waals surface area contributed by atoms with Crippen LogP contribution in [0.5, 0.6) is 0 Å². The van der Waals surface area contributed by atoms with Gasteiger partial charge < -0.3 is 9.88 Å². The molecule has 1 fully saturated rings. The average molecular weight is 350 g/mol. The first kappa shape index (κ1) is 16.9. The van der Waals surface area contributed by atoms with Gasteiger partial charge in [0.1, 0.15) is 0 Å². The SMILES string of the molecule is Cc1cc2[nH]c(=O)cc(N3CC(CCNS(N)(=O)=O)C3)c2cc1C. The van der Waals surface area contributed by atoms with E-state index in [4.69, 9.17) is 5.14 Å². The summed E-state index contributed by atoms with van der Waals surface area (Å²) in [7, 11) is -3.62. The minimum absolute atomic E-state index is 0.111. The van der Waals surface area contributed by atoms with Gasteiger partial charge in [0, 0.05) is 31.1 Å². The molecule has 1 aromatic carbocycles. The molecule has 2 heterocycles. The van der Waals surface area contributed by atoms with Crippen molar-refractivity contribution < 1.29 is 8.42 Å². The van der Waals surface area contributed by atoms with Crippen LogP contribution in [0.25, 0.3) is 10.9 Å². The number of rotatable bonds is 5. The number of nitrogens with two attached hydrogens (primary N) is 1. The summed E-state index contributed by atoms with van der Waals surface area (Å²) in [5.74, 6) is 0.389. The Morgan fingerprint density at radius 3 is 2.58 bits per heavy atom. The first-order valence-electron chi connectivity index (χ1n) is 7.89. The molecule has 24 heavy (non-hydrogen) atoms. The quantitative estimate of drug-likeness (QED) is 0.740. The van der Waals surface area contributed by atoms with Crippen molar-refractivity contribution in [1.29, 1.82) is 0 Å². The number of hydrogen-bond donors (Lipinski definition) is 3. The van der Waals surface area contributed by atoms with E-state index < -0.39 is 10.2 Å². The normalized spacial score (nSPS) is 15.7. The van der Waals surface area contributed by atoms with Gasteiger partial charge in [0.25, 0.3) is 10.2 Å². The first-order valence-corrected chi connectivity index (χ1v) is 9.44. The van der Waals surface area contributed by atoms with Crippen molar-refractivity contribution in [1.82, 2.24) is 9.71 Å². The molecule has 1 aliphatic rings. The van der Waals surface area contributed by atoms with Crippen LogP contribution in [0, 0.1) is 19.8 Å². The second-order valence-corrected chi connectivity index (χ2v) is 7.88. The number of benzene rings is 1. The fraction of sp³-hybridized carbons (Fsp3) is 0.438. The lowest BCUT2D eigenvalue weighted by Crippen LogP contribution is -2.48. The molecule has 1 aromatic heterocycles. The van der Waals surface area contributed by atoms with Gasteiger partial charge in [0.05, 0.1) is 11.2 Å². The lowest BCUT2D eigenvalue weighted by atomic mass is 9.94. The van der Waals surface area contributed by atoms with E-state index in [0.717, 1.165) is 41.7 Å². The minimum atomic E-state index is -3.62. The van der Waals surface area contributed by atoms with Crippen molar-refractivity contribution in [2.45, 2.75) is 20.3 Å². The van der Waals surface area contributed by atoms with Gasteiger partial charge in [-0.25, -0.2) is 9.86 Å². The molecule has 0 saturated carbocycles. The molecule has 3 rings (SSSR count). The summed E-state index contributed by atoms with van der Waals surface area (Å²) in [6.45, 7) is 6.03. The van der Waals surface area contributed by atoms with Gasteiger partial charge >= 0.3 is 0 Å². The zero-order valence-corrected chi connectivity index (χ0v) is 14.6. The smallest absolute Gasteiger partial charge is 0.274 e. The lowest BCUT2D eigenvalue weighted by Gasteiger charge is -2.41. The fourth-order valence-corrected chi connectivity index (χ4v) is 3.52. The van der Waals surface area contributed by atoms with Crippen LogP contribution in [0.1, 0.15) is 17.5 Å². The number of nitrogens with one attached hydrogen (secondary N) is 2. The third-order valence-electron chi connectivity index (χ3n) is 4.59. The van der Waals surface area contributed by atoms with E-state index in [9.17, 15) is 13.2 Å². The molecule has 2 aromatic rings. The molecular formula is C16H22N4O3S. The Labute approximate surface area is 141 Å². The van der Waals surface area contributed by atoms with Crippen molar-refractivity contribution in [3.8, 4) is 0 Å². The number of anilines is 1. The van der Waals surface area contributed by atoms with E-state index in [1.807, 2.05) is 13.0 Å². The van der Waals surface area contributed by atoms with Crippen molar-refractivity contribution in [2.24, 2.45) is 11.1 Å². The number of hydrogen-bond acceptors (Lipinski definition) is 4. The number of aromatic amines is 1. The van der Waals surface area contributed by atoms with Crippen LogP contribution in [0.2, 0.25) is 0 Å². The van der Waals surface area contributed by atoms with Gasteiger partial charge in [0.15, 0.2) is 0 Å². The highest BCUT2D eigenvalue weighted by Gasteiger charge is 2.28. The Morgan fingerprint density at radius 1 is 1.25 bits per heavy atom. The number of nitrogens with zero attached hydrogens (tertiary/aromatic N) is 1. The summed E-state index contributed by atoms with van der Waals surface area (Å²) in [6, 6.07) is 5.74. The molecule has 1 aliphatic heterocycles. The molecule has 0 amide bonds. The van der Waals surface area contributed by atoms with Crippen LogP contribution in [0.15, 0.2) is 23.0 Å². The van der Waals surface area contributed by atoms with Crippen LogP contribution in [-0.4, -0.2) is 33.0 Å².